The Kier molecular flexibility index (Phi) is 7.90. The lowest BCUT2D eigenvalue weighted by atomic mass is 10.1. The number of hydrogen-bond acceptors (Lipinski definition) is 6. The molecule has 0 aliphatic carbocycles. The highest BCUT2D eigenvalue weighted by molar-refractivity contribution is 7.22. The summed E-state index contributed by atoms with van der Waals surface area (Å²) in [6.45, 7) is 4.37. The molecule has 0 spiro atoms. The van der Waals surface area contributed by atoms with Gasteiger partial charge in [-0.3, -0.25) is 15.0 Å². The molecular formula is C27H26Cl2N4O4S. The number of nitrogens with one attached hydrogen (secondary N) is 2. The second kappa shape index (κ2) is 11.3. The Hall–Kier alpha value is -3.11. The molecule has 8 nitrogen and oxygen atoms in total. The molecule has 38 heavy (non-hydrogen) atoms. The van der Waals surface area contributed by atoms with Crippen LogP contribution in [0, 0.1) is 6.92 Å². The predicted octanol–water partition coefficient (Wildman–Crippen LogP) is 6.80. The van der Waals surface area contributed by atoms with Crippen molar-refractivity contribution in [2.45, 2.75) is 32.3 Å². The number of H-pyrrole nitrogens is 1. The number of carboxylic acids is 1. The van der Waals surface area contributed by atoms with Gasteiger partial charge in [-0.15, -0.1) is 0 Å². The van der Waals surface area contributed by atoms with Crippen molar-refractivity contribution in [1.82, 2.24) is 14.9 Å². The molecule has 2 aromatic carbocycles. The van der Waals surface area contributed by atoms with E-state index in [0.717, 1.165) is 42.8 Å². The maximum absolute atomic E-state index is 12.9. The Labute approximate surface area is 233 Å². The number of carbonyl (C=O) groups excluding carboxylic acids is 1. The first-order chi connectivity index (χ1) is 18.3. The number of carbonyl (C=O) groups is 2. The number of thiazole rings is 1. The van der Waals surface area contributed by atoms with Gasteiger partial charge < -0.3 is 14.8 Å². The highest BCUT2D eigenvalue weighted by Crippen LogP contribution is 2.37. The third kappa shape index (κ3) is 5.66. The topological polar surface area (TPSA) is 108 Å². The monoisotopic (exact) mass is 572 g/mol. The van der Waals surface area contributed by atoms with Gasteiger partial charge in [0.2, 0.25) is 0 Å². The molecule has 11 heteroatoms. The molecule has 4 aromatic rings. The summed E-state index contributed by atoms with van der Waals surface area (Å²) < 4.78 is 7.11. The summed E-state index contributed by atoms with van der Waals surface area (Å²) in [5.41, 5.74) is 2.25. The first kappa shape index (κ1) is 26.5. The number of aromatic amines is 1. The fourth-order valence-corrected chi connectivity index (χ4v) is 5.90. The van der Waals surface area contributed by atoms with Gasteiger partial charge in [0.05, 0.1) is 20.3 Å². The Morgan fingerprint density at radius 1 is 1.16 bits per heavy atom. The third-order valence-corrected chi connectivity index (χ3v) is 8.39. The van der Waals surface area contributed by atoms with Crippen LogP contribution >= 0.6 is 34.5 Å². The maximum Gasteiger partial charge on any atom is 0.335 e. The number of benzene rings is 2. The Balaban J connectivity index is 1.49. The van der Waals surface area contributed by atoms with Crippen LogP contribution in [0.2, 0.25) is 10.0 Å². The van der Waals surface area contributed by atoms with Gasteiger partial charge in [0.1, 0.15) is 23.1 Å². The molecule has 5 rings (SSSR count). The number of hydrogen-bond donors (Lipinski definition) is 3. The van der Waals surface area contributed by atoms with E-state index < -0.39 is 11.9 Å². The lowest BCUT2D eigenvalue weighted by Crippen LogP contribution is -2.35. The Morgan fingerprint density at radius 2 is 1.89 bits per heavy atom. The third-order valence-electron chi connectivity index (χ3n) is 6.52. The van der Waals surface area contributed by atoms with E-state index in [1.54, 1.807) is 6.92 Å². The molecule has 2 aromatic heterocycles. The van der Waals surface area contributed by atoms with Gasteiger partial charge in [0, 0.05) is 12.2 Å². The molecule has 1 saturated heterocycles. The number of ether oxygens (including phenoxy) is 1. The standard InChI is InChI=1S/C27H26Cl2N4O4S/c1-15-21(28)22(29)24(30-15)25(34)32-27-31-23-18(12-17(26(35)36)13-20(23)38-27)37-19(16-8-4-2-5-9-16)14-33-10-6-3-7-11-33/h2,4-5,8-9,12-13,19,30H,3,6-7,10-11,14H2,1H3,(H,35,36)(H,31,32,34). The first-order valence-corrected chi connectivity index (χ1v) is 13.8. The highest BCUT2D eigenvalue weighted by Gasteiger charge is 2.24. The van der Waals surface area contributed by atoms with Gasteiger partial charge in [0.25, 0.3) is 5.91 Å². The maximum atomic E-state index is 12.9. The van der Waals surface area contributed by atoms with Gasteiger partial charge in [0.15, 0.2) is 5.13 Å². The van der Waals surface area contributed by atoms with Crippen molar-refractivity contribution < 1.29 is 19.4 Å². The molecule has 0 bridgehead atoms. The number of rotatable bonds is 8. The molecule has 1 amide bonds. The van der Waals surface area contributed by atoms with Crippen LogP contribution in [-0.4, -0.2) is 51.5 Å². The van der Waals surface area contributed by atoms with E-state index in [-0.39, 0.29) is 32.5 Å². The number of aromatic carboxylic acids is 1. The van der Waals surface area contributed by atoms with Crippen molar-refractivity contribution in [2.24, 2.45) is 0 Å². The van der Waals surface area contributed by atoms with E-state index in [1.807, 2.05) is 30.3 Å². The van der Waals surface area contributed by atoms with E-state index in [2.05, 4.69) is 20.2 Å². The minimum absolute atomic E-state index is 0.0774. The molecule has 1 atom stereocenters. The van der Waals surface area contributed by atoms with Crippen LogP contribution in [-0.2, 0) is 0 Å². The van der Waals surface area contributed by atoms with Crippen molar-refractivity contribution >= 4 is 61.8 Å². The summed E-state index contributed by atoms with van der Waals surface area (Å²) in [6.07, 6.45) is 3.18. The number of anilines is 1. The highest BCUT2D eigenvalue weighted by atomic mass is 35.5. The van der Waals surface area contributed by atoms with E-state index >= 15 is 0 Å². The average Bonchev–Trinajstić information content (AvgIpc) is 3.44. The zero-order valence-electron chi connectivity index (χ0n) is 20.6. The summed E-state index contributed by atoms with van der Waals surface area (Å²) in [4.78, 5) is 34.7. The fourth-order valence-electron chi connectivity index (χ4n) is 4.56. The fraction of sp³-hybridized carbons (Fsp3) is 0.296. The van der Waals surface area contributed by atoms with E-state index in [9.17, 15) is 14.7 Å². The van der Waals surface area contributed by atoms with Gasteiger partial charge in [-0.05, 0) is 50.6 Å². The molecule has 1 fully saturated rings. The summed E-state index contributed by atoms with van der Waals surface area (Å²) in [5, 5.41) is 13.2. The summed E-state index contributed by atoms with van der Waals surface area (Å²) in [5.74, 6) is -1.23. The van der Waals surface area contributed by atoms with Crippen molar-refractivity contribution in [3.8, 4) is 5.75 Å². The lowest BCUT2D eigenvalue weighted by Gasteiger charge is -2.31. The zero-order chi connectivity index (χ0) is 26.8. The zero-order valence-corrected chi connectivity index (χ0v) is 22.9. The smallest absolute Gasteiger partial charge is 0.335 e. The molecule has 3 heterocycles. The van der Waals surface area contributed by atoms with Crippen LogP contribution in [0.25, 0.3) is 10.2 Å². The van der Waals surface area contributed by atoms with Crippen molar-refractivity contribution in [2.75, 3.05) is 25.0 Å². The molecule has 1 aliphatic rings. The Morgan fingerprint density at radius 3 is 2.55 bits per heavy atom. The van der Waals surface area contributed by atoms with Crippen molar-refractivity contribution in [3.05, 3.63) is 75.0 Å². The molecule has 198 valence electrons. The van der Waals surface area contributed by atoms with E-state index in [4.69, 9.17) is 27.9 Å². The number of carboxylic acid groups (broad SMARTS) is 1. The number of piperidine rings is 1. The normalized spacial score (nSPS) is 14.9. The minimum atomic E-state index is -1.08. The van der Waals surface area contributed by atoms with Crippen LogP contribution in [0.5, 0.6) is 5.75 Å². The molecular weight excluding hydrogens is 547 g/mol. The van der Waals surface area contributed by atoms with Crippen molar-refractivity contribution in [3.63, 3.8) is 0 Å². The SMILES string of the molecule is Cc1[nH]c(C(=O)Nc2nc3c(OC(CN4CCCCC4)c4ccccc4)cc(C(=O)O)cc3s2)c(Cl)c1Cl. The molecule has 3 N–H and O–H groups in total. The van der Waals surface area contributed by atoms with Crippen LogP contribution in [0.1, 0.15) is 57.5 Å². The minimum Gasteiger partial charge on any atom is -0.482 e. The number of aryl methyl sites for hydroxylation is 1. The van der Waals surface area contributed by atoms with E-state index in [1.165, 1.54) is 18.6 Å². The predicted molar refractivity (Wildman–Crippen MR) is 150 cm³/mol. The molecule has 0 radical (unpaired) electrons. The van der Waals surface area contributed by atoms with E-state index in [0.29, 0.717) is 28.2 Å². The summed E-state index contributed by atoms with van der Waals surface area (Å²) in [6, 6.07) is 12.9. The van der Waals surface area contributed by atoms with Crippen LogP contribution in [0.15, 0.2) is 42.5 Å². The molecule has 0 saturated carbocycles. The number of nitrogens with zero attached hydrogens (tertiary/aromatic N) is 2. The van der Waals surface area contributed by atoms with Gasteiger partial charge in [-0.1, -0.05) is 71.3 Å². The van der Waals surface area contributed by atoms with Crippen LogP contribution in [0.3, 0.4) is 0 Å². The van der Waals surface area contributed by atoms with Crippen LogP contribution < -0.4 is 10.1 Å². The molecule has 1 aliphatic heterocycles. The number of aromatic nitrogens is 2. The second-order valence-corrected chi connectivity index (χ2v) is 11.0. The van der Waals surface area contributed by atoms with Gasteiger partial charge >= 0.3 is 5.97 Å². The number of amides is 1. The number of halogens is 2. The lowest BCUT2D eigenvalue weighted by molar-refractivity contribution is 0.0695. The quantitative estimate of drug-likeness (QED) is 0.214. The number of likely N-dealkylation sites (tertiary alicyclic amines) is 1. The van der Waals surface area contributed by atoms with Crippen molar-refractivity contribution in [1.29, 1.82) is 0 Å². The van der Waals surface area contributed by atoms with Gasteiger partial charge in [-0.25, -0.2) is 9.78 Å². The average molecular weight is 574 g/mol. The van der Waals surface area contributed by atoms with Crippen LogP contribution in [0.4, 0.5) is 5.13 Å². The largest absolute Gasteiger partial charge is 0.482 e. The van der Waals surface area contributed by atoms with Gasteiger partial charge in [-0.2, -0.15) is 0 Å². The summed E-state index contributed by atoms with van der Waals surface area (Å²) in [7, 11) is 0. The molecule has 1 unspecified atom stereocenters. The summed E-state index contributed by atoms with van der Waals surface area (Å²) >= 11 is 13.5. The second-order valence-electron chi connectivity index (χ2n) is 9.23. The Bertz CT molecular complexity index is 1480. The first-order valence-electron chi connectivity index (χ1n) is 12.3. The number of fused-ring (bicyclic) bond motifs is 1.